The Kier molecular flexibility index (Phi) is 16.7. The van der Waals surface area contributed by atoms with E-state index in [9.17, 15) is 24.0 Å². The van der Waals surface area contributed by atoms with Crippen LogP contribution in [0.5, 0.6) is 0 Å². The van der Waals surface area contributed by atoms with Crippen LogP contribution in [0.15, 0.2) is 30.3 Å². The highest BCUT2D eigenvalue weighted by Crippen LogP contribution is 2.09. The number of nitrogens with one attached hydrogen (secondary N) is 6. The molecule has 0 aliphatic carbocycles. The molecule has 0 unspecified atom stereocenters. The maximum atomic E-state index is 13.2. The first kappa shape index (κ1) is 38.0. The van der Waals surface area contributed by atoms with Crippen LogP contribution < -0.4 is 31.9 Å². The Bertz CT molecular complexity index is 1060. The molecule has 13 nitrogen and oxygen atoms in total. The number of benzene rings is 1. The summed E-state index contributed by atoms with van der Waals surface area (Å²) in [5.74, 6) is -1.01. The fourth-order valence-electron chi connectivity index (χ4n) is 3.99. The van der Waals surface area contributed by atoms with E-state index in [4.69, 9.17) is 9.47 Å². The minimum Gasteiger partial charge on any atom is -0.447 e. The predicted octanol–water partition coefficient (Wildman–Crippen LogP) is 3.74. The molecule has 44 heavy (non-hydrogen) atoms. The van der Waals surface area contributed by atoms with Gasteiger partial charge in [0.1, 0.15) is 31.0 Å². The second-order valence-corrected chi connectivity index (χ2v) is 12.2. The zero-order chi connectivity index (χ0) is 33.4. The van der Waals surface area contributed by atoms with Gasteiger partial charge in [-0.25, -0.2) is 14.4 Å². The maximum Gasteiger partial charge on any atom is 0.408 e. The molecule has 1 aromatic carbocycles. The number of ether oxygens (including phenoxy) is 2. The molecule has 0 aliphatic heterocycles. The van der Waals surface area contributed by atoms with E-state index in [1.54, 1.807) is 27.7 Å². The Morgan fingerprint density at radius 1 is 0.659 bits per heavy atom. The van der Waals surface area contributed by atoms with E-state index < -0.39 is 54.4 Å². The summed E-state index contributed by atoms with van der Waals surface area (Å²) < 4.78 is 10.4. The van der Waals surface area contributed by atoms with Crippen LogP contribution >= 0.6 is 0 Å². The molecule has 0 fully saturated rings. The third-order valence-electron chi connectivity index (χ3n) is 6.18. The molecule has 0 heterocycles. The Labute approximate surface area is 261 Å². The van der Waals surface area contributed by atoms with Crippen LogP contribution in [0.3, 0.4) is 0 Å². The summed E-state index contributed by atoms with van der Waals surface area (Å²) in [4.78, 5) is 63.4. The summed E-state index contributed by atoms with van der Waals surface area (Å²) in [6.45, 7) is 16.3. The molecule has 1 aromatic rings. The normalized spacial score (nSPS) is 13.8. The van der Waals surface area contributed by atoms with Gasteiger partial charge in [-0.1, -0.05) is 71.9 Å². The lowest BCUT2D eigenvalue weighted by molar-refractivity contribution is -0.125. The molecule has 0 saturated carbocycles. The molecule has 6 N–H and O–H groups in total. The minimum atomic E-state index is -0.967. The molecule has 0 bridgehead atoms. The number of hydrogen-bond acceptors (Lipinski definition) is 7. The Morgan fingerprint density at radius 2 is 1.27 bits per heavy atom. The van der Waals surface area contributed by atoms with Gasteiger partial charge in [0, 0.05) is 0 Å². The number of alkyl carbamates (subject to hydrolysis) is 2. The fourth-order valence-corrected chi connectivity index (χ4v) is 3.99. The Hall–Kier alpha value is -4.03. The molecule has 6 amide bonds. The van der Waals surface area contributed by atoms with Gasteiger partial charge in [0.25, 0.3) is 0 Å². The summed E-state index contributed by atoms with van der Waals surface area (Å²) in [5.41, 5.74) is 0.811. The number of hydrogen-bond donors (Lipinski definition) is 6. The first-order valence-electron chi connectivity index (χ1n) is 15.2. The maximum absolute atomic E-state index is 13.2. The molecule has 0 aromatic heterocycles. The van der Waals surface area contributed by atoms with Crippen LogP contribution in [0.25, 0.3) is 0 Å². The molecule has 0 saturated heterocycles. The number of rotatable bonds is 16. The zero-order valence-electron chi connectivity index (χ0n) is 27.5. The van der Waals surface area contributed by atoms with E-state index in [0.29, 0.717) is 12.8 Å². The molecular formula is C31H52N6O7. The molecule has 248 valence electrons. The van der Waals surface area contributed by atoms with Gasteiger partial charge in [0.05, 0.1) is 6.10 Å². The standard InChI is InChI=1S/C31H52N6O7/c1-18(2)15-24(33-30(41)43-17-23-13-11-10-12-14-23)28(39)36-26(20(5)6)37-29(40)32-22(9)27(38)34-25(16-19(3)4)35-31(42)44-21(7)8/h10-14,18-22,24-26H,15-17H2,1-9H3,(H,33,41)(H,34,38)(H,35,42)(H,36,39)(H2,32,37,40)/t22-,24-,25-,26-/m0/s1. The van der Waals surface area contributed by atoms with Crippen molar-refractivity contribution < 1.29 is 33.4 Å². The molecule has 1 rings (SSSR count). The highest BCUT2D eigenvalue weighted by atomic mass is 16.6. The van der Waals surface area contributed by atoms with Crippen LogP contribution in [0.1, 0.15) is 80.7 Å². The van der Waals surface area contributed by atoms with Crippen molar-refractivity contribution in [2.24, 2.45) is 17.8 Å². The molecule has 0 spiro atoms. The van der Waals surface area contributed by atoms with Gasteiger partial charge in [-0.2, -0.15) is 0 Å². The third kappa shape index (κ3) is 16.0. The highest BCUT2D eigenvalue weighted by molar-refractivity contribution is 5.88. The third-order valence-corrected chi connectivity index (χ3v) is 6.18. The number of carbonyl (C=O) groups excluding carboxylic acids is 5. The molecule has 13 heteroatoms. The van der Waals surface area contributed by atoms with Crippen molar-refractivity contribution in [3.05, 3.63) is 35.9 Å². The van der Waals surface area contributed by atoms with Crippen molar-refractivity contribution in [2.45, 2.75) is 112 Å². The van der Waals surface area contributed by atoms with Crippen LogP contribution in [0, 0.1) is 17.8 Å². The summed E-state index contributed by atoms with van der Waals surface area (Å²) >= 11 is 0. The lowest BCUT2D eigenvalue weighted by Crippen LogP contribution is -2.60. The van der Waals surface area contributed by atoms with Gasteiger partial charge < -0.3 is 41.4 Å². The molecular weight excluding hydrogens is 568 g/mol. The number of urea groups is 1. The van der Waals surface area contributed by atoms with Crippen molar-refractivity contribution in [1.29, 1.82) is 0 Å². The van der Waals surface area contributed by atoms with Gasteiger partial charge in [-0.3, -0.25) is 9.59 Å². The predicted molar refractivity (Wildman–Crippen MR) is 167 cm³/mol. The van der Waals surface area contributed by atoms with Gasteiger partial charge >= 0.3 is 18.2 Å². The summed E-state index contributed by atoms with van der Waals surface area (Å²) in [6.07, 6.45) is -2.43. The average molecular weight is 621 g/mol. The Morgan fingerprint density at radius 3 is 1.82 bits per heavy atom. The van der Waals surface area contributed by atoms with Crippen LogP contribution in [-0.4, -0.2) is 60.6 Å². The second kappa shape index (κ2) is 19.3. The second-order valence-electron chi connectivity index (χ2n) is 12.2. The lowest BCUT2D eigenvalue weighted by atomic mass is 10.0. The van der Waals surface area contributed by atoms with E-state index in [2.05, 4.69) is 31.9 Å². The first-order chi connectivity index (χ1) is 20.6. The van der Waals surface area contributed by atoms with Crippen molar-refractivity contribution in [2.75, 3.05) is 0 Å². The summed E-state index contributed by atoms with van der Waals surface area (Å²) in [6, 6.07) is 6.62. The zero-order valence-corrected chi connectivity index (χ0v) is 27.5. The number of amides is 6. The number of carbonyl (C=O) groups is 5. The molecule has 4 atom stereocenters. The quantitative estimate of drug-likeness (QED) is 0.153. The van der Waals surface area contributed by atoms with Crippen LogP contribution in [-0.2, 0) is 25.7 Å². The van der Waals surface area contributed by atoms with E-state index in [1.807, 2.05) is 58.0 Å². The Balaban J connectivity index is 2.77. The molecule has 0 radical (unpaired) electrons. The summed E-state index contributed by atoms with van der Waals surface area (Å²) in [7, 11) is 0. The SMILES string of the molecule is CC(C)C[C@H](NC(=O)OC(C)C)NC(=O)[C@H](C)NC(=O)N[C@H](NC(=O)[C@H](CC(C)C)NC(=O)OCc1ccccc1)C(C)C. The van der Waals surface area contributed by atoms with E-state index >= 15 is 0 Å². The topological polar surface area (TPSA) is 176 Å². The van der Waals surface area contributed by atoms with E-state index in [1.165, 1.54) is 6.92 Å². The van der Waals surface area contributed by atoms with Gasteiger partial charge in [-0.15, -0.1) is 0 Å². The van der Waals surface area contributed by atoms with Gasteiger partial charge in [0.15, 0.2) is 0 Å². The monoisotopic (exact) mass is 620 g/mol. The highest BCUT2D eigenvalue weighted by Gasteiger charge is 2.28. The summed E-state index contributed by atoms with van der Waals surface area (Å²) in [5, 5.41) is 16.0. The molecule has 0 aliphatic rings. The van der Waals surface area contributed by atoms with E-state index in [-0.39, 0.29) is 30.5 Å². The van der Waals surface area contributed by atoms with Gasteiger partial charge in [0.2, 0.25) is 11.8 Å². The lowest BCUT2D eigenvalue weighted by Gasteiger charge is -2.28. The smallest absolute Gasteiger partial charge is 0.408 e. The van der Waals surface area contributed by atoms with Crippen molar-refractivity contribution in [1.82, 2.24) is 31.9 Å². The van der Waals surface area contributed by atoms with Crippen LogP contribution in [0.4, 0.5) is 14.4 Å². The van der Waals surface area contributed by atoms with Crippen molar-refractivity contribution in [3.63, 3.8) is 0 Å². The fraction of sp³-hybridized carbons (Fsp3) is 0.645. The largest absolute Gasteiger partial charge is 0.447 e. The first-order valence-corrected chi connectivity index (χ1v) is 15.2. The van der Waals surface area contributed by atoms with Crippen molar-refractivity contribution >= 4 is 30.0 Å². The average Bonchev–Trinajstić information content (AvgIpc) is 2.90. The minimum absolute atomic E-state index is 0.0567. The van der Waals surface area contributed by atoms with Crippen LogP contribution in [0.2, 0.25) is 0 Å². The van der Waals surface area contributed by atoms with E-state index in [0.717, 1.165) is 5.56 Å². The van der Waals surface area contributed by atoms with Crippen molar-refractivity contribution in [3.8, 4) is 0 Å². The van der Waals surface area contributed by atoms with Gasteiger partial charge in [-0.05, 0) is 56.9 Å².